The predicted octanol–water partition coefficient (Wildman–Crippen LogP) is 5.05. The Morgan fingerprint density at radius 3 is 2.63 bits per heavy atom. The molecule has 10 nitrogen and oxygen atoms in total. The first-order valence-electron chi connectivity index (χ1n) is 13.2. The largest absolute Gasteiger partial charge is 0.396 e. The van der Waals surface area contributed by atoms with Crippen LogP contribution in [0.15, 0.2) is 79.4 Å². The van der Waals surface area contributed by atoms with Gasteiger partial charge in [-0.05, 0) is 35.7 Å². The van der Waals surface area contributed by atoms with Gasteiger partial charge in [0.05, 0.1) is 53.3 Å². The van der Waals surface area contributed by atoms with Crippen LogP contribution in [-0.2, 0) is 4.74 Å². The van der Waals surface area contributed by atoms with E-state index in [1.54, 1.807) is 12.4 Å². The molecule has 41 heavy (non-hydrogen) atoms. The third-order valence-electron chi connectivity index (χ3n) is 7.13. The normalized spacial score (nSPS) is 14.7. The number of hydrogen-bond acceptors (Lipinski definition) is 9. The summed E-state index contributed by atoms with van der Waals surface area (Å²) in [6.45, 7) is 1.20. The molecule has 0 unspecified atom stereocenters. The van der Waals surface area contributed by atoms with Crippen molar-refractivity contribution in [3.05, 3.63) is 107 Å². The van der Waals surface area contributed by atoms with Gasteiger partial charge in [-0.3, -0.25) is 9.97 Å². The molecule has 2 atom stereocenters. The molecule has 11 heteroatoms. The minimum Gasteiger partial charge on any atom is -0.396 e. The molecule has 0 aliphatic carbocycles. The van der Waals surface area contributed by atoms with Gasteiger partial charge in [-0.15, -0.1) is 5.10 Å². The number of halogens is 1. The summed E-state index contributed by atoms with van der Waals surface area (Å²) in [4.78, 5) is 8.80. The first-order valence-corrected chi connectivity index (χ1v) is 13.6. The number of pyridine rings is 2. The van der Waals surface area contributed by atoms with Crippen molar-refractivity contribution < 1.29 is 9.84 Å². The van der Waals surface area contributed by atoms with E-state index in [9.17, 15) is 10.4 Å². The van der Waals surface area contributed by atoms with E-state index in [2.05, 4.69) is 37.0 Å². The second-order valence-electron chi connectivity index (χ2n) is 9.81. The van der Waals surface area contributed by atoms with Crippen LogP contribution in [0.1, 0.15) is 46.9 Å². The van der Waals surface area contributed by atoms with Crippen LogP contribution in [0.25, 0.3) is 10.9 Å². The highest BCUT2D eigenvalue weighted by molar-refractivity contribution is 6.35. The fraction of sp³-hybridized carbons (Fsp3) is 0.233. The summed E-state index contributed by atoms with van der Waals surface area (Å²) in [7, 11) is 0. The molecule has 4 heterocycles. The topological polar surface area (TPSA) is 134 Å². The van der Waals surface area contributed by atoms with Crippen LogP contribution >= 0.6 is 11.6 Å². The quantitative estimate of drug-likeness (QED) is 0.212. The maximum Gasteiger partial charge on any atom is 0.110 e. The van der Waals surface area contributed by atoms with E-state index in [0.29, 0.717) is 52.5 Å². The number of aliphatic hydroxyl groups excluding tert-OH is 1. The van der Waals surface area contributed by atoms with Gasteiger partial charge in [0.25, 0.3) is 0 Å². The molecule has 0 amide bonds. The summed E-state index contributed by atoms with van der Waals surface area (Å²) < 4.78 is 7.14. The van der Waals surface area contributed by atoms with Crippen LogP contribution < -0.4 is 10.6 Å². The van der Waals surface area contributed by atoms with E-state index >= 15 is 0 Å². The summed E-state index contributed by atoms with van der Waals surface area (Å²) in [5, 5.41) is 36.7. The number of hydrogen-bond donors (Lipinski definition) is 3. The molecule has 3 N–H and O–H groups in total. The Balaban J connectivity index is 1.41. The van der Waals surface area contributed by atoms with Gasteiger partial charge < -0.3 is 20.5 Å². The van der Waals surface area contributed by atoms with Gasteiger partial charge in [0.1, 0.15) is 17.8 Å². The summed E-state index contributed by atoms with van der Waals surface area (Å²) in [6, 6.07) is 19.2. The van der Waals surface area contributed by atoms with Crippen molar-refractivity contribution in [1.29, 1.82) is 5.26 Å². The van der Waals surface area contributed by atoms with E-state index in [0.717, 1.165) is 16.8 Å². The lowest BCUT2D eigenvalue weighted by Crippen LogP contribution is -2.31. The molecule has 0 bridgehead atoms. The molecule has 5 aromatic rings. The van der Waals surface area contributed by atoms with E-state index in [1.807, 2.05) is 65.5 Å². The molecule has 206 valence electrons. The average Bonchev–Trinajstić information content (AvgIpc) is 3.45. The summed E-state index contributed by atoms with van der Waals surface area (Å²) in [5.74, 6) is 0. The number of rotatable bonds is 10. The molecule has 1 fully saturated rings. The fourth-order valence-electron chi connectivity index (χ4n) is 4.91. The van der Waals surface area contributed by atoms with Gasteiger partial charge >= 0.3 is 0 Å². The smallest absolute Gasteiger partial charge is 0.110 e. The van der Waals surface area contributed by atoms with Crippen molar-refractivity contribution in [3.8, 4) is 6.07 Å². The second kappa shape index (κ2) is 11.9. The van der Waals surface area contributed by atoms with Gasteiger partial charge in [-0.1, -0.05) is 53.2 Å². The molecule has 2 aromatic carbocycles. The Morgan fingerprint density at radius 1 is 1.10 bits per heavy atom. The third-order valence-corrected chi connectivity index (χ3v) is 7.42. The Bertz CT molecular complexity index is 1690. The molecule has 1 aliphatic heterocycles. The molecular weight excluding hydrogens is 540 g/mol. The zero-order valence-corrected chi connectivity index (χ0v) is 22.7. The molecular formula is C30H27ClN8O2. The zero-order valence-electron chi connectivity index (χ0n) is 22.0. The van der Waals surface area contributed by atoms with Crippen molar-refractivity contribution >= 4 is 33.9 Å². The summed E-state index contributed by atoms with van der Waals surface area (Å²) in [5.41, 5.74) is 4.84. The Morgan fingerprint density at radius 2 is 1.93 bits per heavy atom. The molecule has 1 saturated heterocycles. The van der Waals surface area contributed by atoms with Gasteiger partial charge in [0.2, 0.25) is 0 Å². The standard InChI is InChI=1S/C30H27ClN8O2/c31-25-12-22(35-29(20-7-4-9-33-14-20)27-16-39(38-37-27)23-17-41-18-23)11-24-28(21(13-32)15-34-30(24)25)36-26(8-10-40)19-5-2-1-3-6-19/h1-7,9,11-12,14-16,23,26,29,35,40H,8,10,17-18H2,(H,34,36)/t26-,29-/m0/s1. The lowest BCUT2D eigenvalue weighted by atomic mass is 10.0. The number of nitrogens with zero attached hydrogens (tertiary/aromatic N) is 6. The third kappa shape index (κ3) is 5.56. The van der Waals surface area contributed by atoms with E-state index in [4.69, 9.17) is 16.3 Å². The van der Waals surface area contributed by atoms with Crippen LogP contribution in [-0.4, -0.2) is 49.9 Å². The molecule has 0 radical (unpaired) electrons. The minimum absolute atomic E-state index is 0.0223. The molecule has 6 rings (SSSR count). The van der Waals surface area contributed by atoms with E-state index in [-0.39, 0.29) is 24.7 Å². The number of ether oxygens (including phenoxy) is 1. The van der Waals surface area contributed by atoms with Gasteiger partial charge in [0.15, 0.2) is 0 Å². The van der Waals surface area contributed by atoms with Crippen LogP contribution in [0.3, 0.4) is 0 Å². The number of anilines is 2. The van der Waals surface area contributed by atoms with Gasteiger partial charge in [-0.25, -0.2) is 4.68 Å². The number of fused-ring (bicyclic) bond motifs is 1. The SMILES string of the molecule is N#Cc1cnc2c(Cl)cc(N[C@@H](c3cccnc3)c3cn(C4COC4)nn3)cc2c1N[C@@H](CCO)c1ccccc1. The van der Waals surface area contributed by atoms with E-state index in [1.165, 1.54) is 6.20 Å². The first kappa shape index (κ1) is 26.7. The van der Waals surface area contributed by atoms with Gasteiger partial charge in [-0.2, -0.15) is 5.26 Å². The lowest BCUT2D eigenvalue weighted by molar-refractivity contribution is -0.0293. The van der Waals surface area contributed by atoms with Gasteiger partial charge in [0, 0.05) is 36.3 Å². The first-order chi connectivity index (χ1) is 20.1. The highest BCUT2D eigenvalue weighted by Crippen LogP contribution is 2.37. The number of aromatic nitrogens is 5. The summed E-state index contributed by atoms with van der Waals surface area (Å²) in [6.07, 6.45) is 7.40. The van der Waals surface area contributed by atoms with Crippen molar-refractivity contribution in [1.82, 2.24) is 25.0 Å². The number of aliphatic hydroxyl groups is 1. The zero-order chi connectivity index (χ0) is 28.2. The molecule has 0 spiro atoms. The second-order valence-corrected chi connectivity index (χ2v) is 10.2. The number of nitrogens with one attached hydrogen (secondary N) is 2. The summed E-state index contributed by atoms with van der Waals surface area (Å²) >= 11 is 6.78. The van der Waals surface area contributed by atoms with Crippen molar-refractivity contribution in [2.75, 3.05) is 30.5 Å². The molecule has 0 saturated carbocycles. The number of nitriles is 1. The van der Waals surface area contributed by atoms with Crippen LogP contribution in [0, 0.1) is 11.3 Å². The predicted molar refractivity (Wildman–Crippen MR) is 156 cm³/mol. The van der Waals surface area contributed by atoms with Crippen molar-refractivity contribution in [2.45, 2.75) is 24.5 Å². The minimum atomic E-state index is -0.373. The maximum atomic E-state index is 9.98. The Labute approximate surface area is 241 Å². The Kier molecular flexibility index (Phi) is 7.73. The van der Waals surface area contributed by atoms with Crippen LogP contribution in [0.5, 0.6) is 0 Å². The highest BCUT2D eigenvalue weighted by atomic mass is 35.5. The highest BCUT2D eigenvalue weighted by Gasteiger charge is 2.25. The fourth-order valence-corrected chi connectivity index (χ4v) is 5.18. The van der Waals surface area contributed by atoms with E-state index < -0.39 is 0 Å². The monoisotopic (exact) mass is 566 g/mol. The lowest BCUT2D eigenvalue weighted by Gasteiger charge is -2.25. The molecule has 3 aromatic heterocycles. The Hall–Kier alpha value is -4.56. The van der Waals surface area contributed by atoms with Crippen LogP contribution in [0.2, 0.25) is 5.02 Å². The maximum absolute atomic E-state index is 9.98. The number of benzene rings is 2. The molecule has 1 aliphatic rings. The average molecular weight is 567 g/mol. The van der Waals surface area contributed by atoms with Crippen molar-refractivity contribution in [2.24, 2.45) is 0 Å². The van der Waals surface area contributed by atoms with Crippen LogP contribution in [0.4, 0.5) is 11.4 Å². The van der Waals surface area contributed by atoms with Crippen molar-refractivity contribution in [3.63, 3.8) is 0 Å².